The molecule has 0 unspecified atom stereocenters. The normalized spacial score (nSPS) is 11.9. The molecule has 2 heteroatoms. The van der Waals surface area contributed by atoms with Crippen molar-refractivity contribution in [1.29, 1.82) is 0 Å². The molecule has 0 atom stereocenters. The molecular formula is C18H39AsO. The molecule has 0 fully saturated rings. The van der Waals surface area contributed by atoms with Crippen molar-refractivity contribution in [1.82, 2.24) is 0 Å². The summed E-state index contributed by atoms with van der Waals surface area (Å²) in [6.45, 7) is 6.75. The quantitative estimate of drug-likeness (QED) is 0.228. The fourth-order valence-electron chi connectivity index (χ4n) is 2.82. The van der Waals surface area contributed by atoms with Gasteiger partial charge in [-0.05, 0) is 0 Å². The van der Waals surface area contributed by atoms with Gasteiger partial charge >= 0.3 is 131 Å². The first-order chi connectivity index (χ1) is 9.68. The van der Waals surface area contributed by atoms with Crippen molar-refractivity contribution in [2.75, 3.05) is 0 Å². The predicted octanol–water partition coefficient (Wildman–Crippen LogP) is 7.10. The zero-order valence-electron chi connectivity index (χ0n) is 14.5. The van der Waals surface area contributed by atoms with E-state index in [-0.39, 0.29) is 0 Å². The first-order valence-electron chi connectivity index (χ1n) is 9.25. The Labute approximate surface area is 131 Å². The summed E-state index contributed by atoms with van der Waals surface area (Å²) in [5.74, 6) is 0. The molecule has 0 N–H and O–H groups in total. The number of rotatable bonds is 15. The average molecular weight is 346 g/mol. The molecule has 0 aromatic heterocycles. The standard InChI is InChI=1S/C18H39AsO/c1-4-7-10-13-16-19(20,17-14-11-8-5-2)18-15-12-9-6-3/h4-18H2,1-3H3. The van der Waals surface area contributed by atoms with Gasteiger partial charge < -0.3 is 0 Å². The first-order valence-corrected chi connectivity index (χ1v) is 14.0. The van der Waals surface area contributed by atoms with Gasteiger partial charge in [0.25, 0.3) is 0 Å². The van der Waals surface area contributed by atoms with E-state index in [0.717, 1.165) is 15.6 Å². The van der Waals surface area contributed by atoms with Gasteiger partial charge in [-0.25, -0.2) is 0 Å². The Morgan fingerprint density at radius 3 is 1.05 bits per heavy atom. The third-order valence-electron chi connectivity index (χ3n) is 4.26. The molecule has 0 rings (SSSR count). The molecule has 0 radical (unpaired) electrons. The third-order valence-corrected chi connectivity index (χ3v) is 11.4. The van der Waals surface area contributed by atoms with E-state index in [4.69, 9.17) is 0 Å². The van der Waals surface area contributed by atoms with Crippen LogP contribution in [0.3, 0.4) is 0 Å². The molecule has 0 heterocycles. The second-order valence-electron chi connectivity index (χ2n) is 6.41. The van der Waals surface area contributed by atoms with Crippen LogP contribution in [0.1, 0.15) is 97.8 Å². The Hall–Kier alpha value is 0.358. The summed E-state index contributed by atoms with van der Waals surface area (Å²) in [7, 11) is 0. The van der Waals surface area contributed by atoms with E-state index in [1.807, 2.05) is 0 Å². The van der Waals surface area contributed by atoms with Crippen LogP contribution in [0.4, 0.5) is 0 Å². The molecule has 0 bridgehead atoms. The predicted molar refractivity (Wildman–Crippen MR) is 93.3 cm³/mol. The van der Waals surface area contributed by atoms with E-state index in [2.05, 4.69) is 20.8 Å². The van der Waals surface area contributed by atoms with Gasteiger partial charge in [0.15, 0.2) is 0 Å². The van der Waals surface area contributed by atoms with Crippen LogP contribution in [0.2, 0.25) is 15.6 Å². The van der Waals surface area contributed by atoms with Crippen LogP contribution in [0.5, 0.6) is 0 Å². The van der Waals surface area contributed by atoms with Crippen LogP contribution in [0.25, 0.3) is 0 Å². The van der Waals surface area contributed by atoms with Gasteiger partial charge in [-0.3, -0.25) is 0 Å². The van der Waals surface area contributed by atoms with Gasteiger partial charge in [-0.2, -0.15) is 0 Å². The van der Waals surface area contributed by atoms with E-state index in [0.29, 0.717) is 0 Å². The second kappa shape index (κ2) is 14.3. The second-order valence-corrected chi connectivity index (χ2v) is 13.7. The molecule has 0 aliphatic carbocycles. The van der Waals surface area contributed by atoms with E-state index >= 15 is 0 Å². The van der Waals surface area contributed by atoms with E-state index in [1.165, 1.54) is 77.0 Å². The molecule has 0 aromatic rings. The van der Waals surface area contributed by atoms with Crippen molar-refractivity contribution >= 4 is 13.5 Å². The summed E-state index contributed by atoms with van der Waals surface area (Å²) >= 11 is -2.52. The summed E-state index contributed by atoms with van der Waals surface area (Å²) in [5, 5.41) is 3.28. The fourth-order valence-corrected chi connectivity index (χ4v) is 9.26. The van der Waals surface area contributed by atoms with E-state index in [1.54, 1.807) is 0 Å². The van der Waals surface area contributed by atoms with Gasteiger partial charge in [0.2, 0.25) is 0 Å². The van der Waals surface area contributed by atoms with E-state index < -0.39 is 13.5 Å². The van der Waals surface area contributed by atoms with Crippen molar-refractivity contribution in [3.63, 3.8) is 0 Å². The summed E-state index contributed by atoms with van der Waals surface area (Å²) in [6.07, 6.45) is 15.4. The van der Waals surface area contributed by atoms with Crippen molar-refractivity contribution in [2.45, 2.75) is 113 Å². The minimum absolute atomic E-state index is 1.09. The van der Waals surface area contributed by atoms with E-state index in [9.17, 15) is 3.74 Å². The van der Waals surface area contributed by atoms with Crippen molar-refractivity contribution in [2.24, 2.45) is 0 Å². The molecule has 0 saturated heterocycles. The van der Waals surface area contributed by atoms with Crippen LogP contribution >= 0.6 is 0 Å². The molecule has 0 aliphatic rings. The summed E-state index contributed by atoms with van der Waals surface area (Å²) in [6, 6.07) is 0. The van der Waals surface area contributed by atoms with Gasteiger partial charge in [-0.15, -0.1) is 0 Å². The Bertz CT molecular complexity index is 200. The zero-order chi connectivity index (χ0) is 15.1. The molecule has 1 nitrogen and oxygen atoms in total. The van der Waals surface area contributed by atoms with Gasteiger partial charge in [0.1, 0.15) is 0 Å². The number of unbranched alkanes of at least 4 members (excludes halogenated alkanes) is 9. The molecule has 0 aliphatic heterocycles. The first kappa shape index (κ1) is 20.4. The molecule has 0 aromatic carbocycles. The molecular weight excluding hydrogens is 307 g/mol. The van der Waals surface area contributed by atoms with Crippen molar-refractivity contribution < 1.29 is 3.74 Å². The Morgan fingerprint density at radius 2 is 0.800 bits per heavy atom. The maximum atomic E-state index is 13.2. The van der Waals surface area contributed by atoms with Crippen molar-refractivity contribution in [3.05, 3.63) is 0 Å². The van der Waals surface area contributed by atoms with Crippen molar-refractivity contribution in [3.8, 4) is 0 Å². The Kier molecular flexibility index (Phi) is 14.6. The summed E-state index contributed by atoms with van der Waals surface area (Å²) in [4.78, 5) is 0. The molecule has 122 valence electrons. The summed E-state index contributed by atoms with van der Waals surface area (Å²) in [5.41, 5.74) is 0. The minimum atomic E-state index is -2.52. The third kappa shape index (κ3) is 12.1. The van der Waals surface area contributed by atoms with Crippen LogP contribution in [-0.4, -0.2) is 13.5 Å². The Morgan fingerprint density at radius 1 is 0.500 bits per heavy atom. The molecule has 0 amide bonds. The molecule has 0 spiro atoms. The molecule has 20 heavy (non-hydrogen) atoms. The van der Waals surface area contributed by atoms with Crippen LogP contribution < -0.4 is 0 Å². The number of hydrogen-bond acceptors (Lipinski definition) is 1. The van der Waals surface area contributed by atoms with Crippen LogP contribution in [0.15, 0.2) is 0 Å². The number of hydrogen-bond donors (Lipinski definition) is 0. The SMILES string of the molecule is CCCCCC[As](=O)(CCCCCC)CCCCCC. The molecule has 0 saturated carbocycles. The van der Waals surface area contributed by atoms with Crippen LogP contribution in [0, 0.1) is 0 Å². The van der Waals surface area contributed by atoms with Gasteiger partial charge in [0.05, 0.1) is 0 Å². The Balaban J connectivity index is 4.02. The van der Waals surface area contributed by atoms with Crippen LogP contribution in [-0.2, 0) is 3.74 Å². The van der Waals surface area contributed by atoms with Gasteiger partial charge in [-0.1, -0.05) is 0 Å². The maximum absolute atomic E-state index is 13.2. The average Bonchev–Trinajstić information content (AvgIpc) is 2.45. The summed E-state index contributed by atoms with van der Waals surface area (Å²) < 4.78 is 13.2. The van der Waals surface area contributed by atoms with Gasteiger partial charge in [0, 0.05) is 0 Å². The zero-order valence-corrected chi connectivity index (χ0v) is 16.3. The topological polar surface area (TPSA) is 17.1 Å². The fraction of sp³-hybridized carbons (Fsp3) is 1.00. The monoisotopic (exact) mass is 346 g/mol.